The van der Waals surface area contributed by atoms with Crippen molar-refractivity contribution in [2.75, 3.05) is 0 Å². The lowest BCUT2D eigenvalue weighted by atomic mass is 10.4. The van der Waals surface area contributed by atoms with Crippen LogP contribution in [0.4, 0.5) is 8.78 Å². The second-order valence-corrected chi connectivity index (χ2v) is 4.30. The Morgan fingerprint density at radius 1 is 1.58 bits per heavy atom. The third-order valence-corrected chi connectivity index (χ3v) is 3.11. The second kappa shape index (κ2) is 4.15. The summed E-state index contributed by atoms with van der Waals surface area (Å²) in [6.45, 7) is 0. The summed E-state index contributed by atoms with van der Waals surface area (Å²) in [5, 5.41) is 0.0608. The van der Waals surface area contributed by atoms with E-state index in [0.29, 0.717) is 8.04 Å². The molecule has 0 saturated heterocycles. The summed E-state index contributed by atoms with van der Waals surface area (Å²) in [5.74, 6) is 0. The molecule has 0 aliphatic rings. The van der Waals surface area contributed by atoms with Gasteiger partial charge in [0, 0.05) is 3.57 Å². The second-order valence-electron chi connectivity index (χ2n) is 1.93. The van der Waals surface area contributed by atoms with Crippen molar-refractivity contribution in [2.45, 2.75) is 6.43 Å². The van der Waals surface area contributed by atoms with E-state index in [9.17, 15) is 8.78 Å². The molecule has 0 unspecified atom stereocenters. The Hall–Kier alpha value is 0.510. The third-order valence-electron chi connectivity index (χ3n) is 1.12. The van der Waals surface area contributed by atoms with Gasteiger partial charge in [-0.2, -0.15) is 0 Å². The van der Waals surface area contributed by atoms with E-state index in [0.717, 1.165) is 0 Å². The zero-order valence-electron chi connectivity index (χ0n) is 5.49. The van der Waals surface area contributed by atoms with Gasteiger partial charge in [0.25, 0.3) is 6.43 Å². The molecule has 0 aliphatic carbocycles. The number of halogens is 5. The summed E-state index contributed by atoms with van der Waals surface area (Å²) in [5.41, 5.74) is -0.274. The molecule has 0 aliphatic heterocycles. The monoisotopic (exact) mass is 367 g/mol. The highest BCUT2D eigenvalue weighted by Crippen LogP contribution is 2.29. The van der Waals surface area contributed by atoms with Gasteiger partial charge in [-0.1, -0.05) is 11.6 Å². The molecule has 0 bridgehead atoms. The topological polar surface area (TPSA) is 12.9 Å². The van der Waals surface area contributed by atoms with Gasteiger partial charge in [0.1, 0.15) is 10.8 Å². The molecule has 1 heterocycles. The largest absolute Gasteiger partial charge is 0.281 e. The van der Waals surface area contributed by atoms with Crippen LogP contribution in [0.5, 0.6) is 0 Å². The van der Waals surface area contributed by atoms with Crippen LogP contribution < -0.4 is 0 Å². The summed E-state index contributed by atoms with van der Waals surface area (Å²) >= 11 is 10.4. The third kappa shape index (κ3) is 2.26. The minimum Gasteiger partial charge on any atom is -0.233 e. The highest BCUT2D eigenvalue weighted by Gasteiger charge is 2.15. The summed E-state index contributed by atoms with van der Waals surface area (Å²) in [6.07, 6.45) is -2.58. The molecular weight excluding hydrogens is 366 g/mol. The Labute approximate surface area is 94.8 Å². The number of alkyl halides is 2. The van der Waals surface area contributed by atoms with Crippen molar-refractivity contribution in [2.24, 2.45) is 0 Å². The SMILES string of the molecule is FC(F)c1nc(Cl)c(Br)cc1I. The van der Waals surface area contributed by atoms with Crippen LogP contribution in [-0.2, 0) is 0 Å². The molecule has 0 atom stereocenters. The summed E-state index contributed by atoms with van der Waals surface area (Å²) in [6, 6.07) is 1.51. The molecule has 1 rings (SSSR count). The summed E-state index contributed by atoms with van der Waals surface area (Å²) < 4.78 is 25.3. The van der Waals surface area contributed by atoms with Gasteiger partial charge in [-0.15, -0.1) is 0 Å². The smallest absolute Gasteiger partial charge is 0.233 e. The minimum atomic E-state index is -2.58. The lowest BCUT2D eigenvalue weighted by molar-refractivity contribution is 0.145. The maximum absolute atomic E-state index is 12.2. The zero-order valence-corrected chi connectivity index (χ0v) is 9.99. The van der Waals surface area contributed by atoms with Crippen molar-refractivity contribution < 1.29 is 8.78 Å². The first-order valence-corrected chi connectivity index (χ1v) is 5.07. The summed E-state index contributed by atoms with van der Waals surface area (Å²) in [4.78, 5) is 3.53. The molecule has 1 nitrogen and oxygen atoms in total. The zero-order chi connectivity index (χ0) is 9.30. The number of pyridine rings is 1. The maximum atomic E-state index is 12.2. The van der Waals surface area contributed by atoms with Crippen LogP contribution in [0.15, 0.2) is 10.5 Å². The first-order chi connectivity index (χ1) is 5.52. The van der Waals surface area contributed by atoms with Crippen LogP contribution >= 0.6 is 50.1 Å². The van der Waals surface area contributed by atoms with E-state index >= 15 is 0 Å². The Morgan fingerprint density at radius 3 is 2.67 bits per heavy atom. The van der Waals surface area contributed by atoms with E-state index in [1.165, 1.54) is 6.07 Å². The number of nitrogens with zero attached hydrogens (tertiary/aromatic N) is 1. The number of aromatic nitrogens is 1. The van der Waals surface area contributed by atoms with E-state index in [2.05, 4.69) is 20.9 Å². The molecule has 0 aromatic carbocycles. The van der Waals surface area contributed by atoms with Crippen molar-refractivity contribution in [1.29, 1.82) is 0 Å². The van der Waals surface area contributed by atoms with Gasteiger partial charge in [0.2, 0.25) is 0 Å². The standard InChI is InChI=1S/C6H2BrClF2IN/c7-2-1-3(11)4(6(9)10)12-5(2)8/h1,6H. The maximum Gasteiger partial charge on any atom is 0.281 e. The number of hydrogen-bond acceptors (Lipinski definition) is 1. The van der Waals surface area contributed by atoms with Crippen molar-refractivity contribution >= 4 is 50.1 Å². The molecule has 0 saturated carbocycles. The normalized spacial score (nSPS) is 10.8. The fourth-order valence-corrected chi connectivity index (χ4v) is 2.17. The van der Waals surface area contributed by atoms with Crippen LogP contribution in [0.1, 0.15) is 12.1 Å². The van der Waals surface area contributed by atoms with Gasteiger partial charge < -0.3 is 0 Å². The van der Waals surface area contributed by atoms with Crippen molar-refractivity contribution in [3.05, 3.63) is 25.0 Å². The van der Waals surface area contributed by atoms with E-state index in [1.54, 1.807) is 22.6 Å². The number of hydrogen-bond donors (Lipinski definition) is 0. The van der Waals surface area contributed by atoms with Crippen LogP contribution in [-0.4, -0.2) is 4.98 Å². The van der Waals surface area contributed by atoms with Gasteiger partial charge in [-0.3, -0.25) is 0 Å². The molecule has 6 heteroatoms. The van der Waals surface area contributed by atoms with Crippen LogP contribution in [0.3, 0.4) is 0 Å². The average Bonchev–Trinajstić information content (AvgIpc) is 1.96. The first kappa shape index (κ1) is 10.6. The molecule has 0 N–H and O–H groups in total. The lowest BCUT2D eigenvalue weighted by Gasteiger charge is -2.03. The highest BCUT2D eigenvalue weighted by molar-refractivity contribution is 14.1. The van der Waals surface area contributed by atoms with Crippen molar-refractivity contribution in [1.82, 2.24) is 4.98 Å². The molecule has 0 spiro atoms. The Balaban J connectivity index is 3.23. The van der Waals surface area contributed by atoms with Gasteiger partial charge in [0.15, 0.2) is 0 Å². The Bertz CT molecular complexity index is 308. The van der Waals surface area contributed by atoms with Crippen molar-refractivity contribution in [3.8, 4) is 0 Å². The predicted molar refractivity (Wildman–Crippen MR) is 54.6 cm³/mol. The first-order valence-electron chi connectivity index (χ1n) is 2.82. The molecule has 1 aromatic heterocycles. The Morgan fingerprint density at radius 2 is 2.17 bits per heavy atom. The fourth-order valence-electron chi connectivity index (χ4n) is 0.610. The van der Waals surface area contributed by atoms with Gasteiger partial charge in [-0.25, -0.2) is 13.8 Å². The number of rotatable bonds is 1. The lowest BCUT2D eigenvalue weighted by Crippen LogP contribution is -1.95. The van der Waals surface area contributed by atoms with Gasteiger partial charge >= 0.3 is 0 Å². The quantitative estimate of drug-likeness (QED) is 0.539. The molecular formula is C6H2BrClF2IN. The fraction of sp³-hybridized carbons (Fsp3) is 0.167. The van der Waals surface area contributed by atoms with E-state index in [4.69, 9.17) is 11.6 Å². The predicted octanol–water partition coefficient (Wildman–Crippen LogP) is 4.04. The van der Waals surface area contributed by atoms with Crippen LogP contribution in [0.2, 0.25) is 5.15 Å². The minimum absolute atomic E-state index is 0.0608. The molecule has 12 heavy (non-hydrogen) atoms. The van der Waals surface area contributed by atoms with Gasteiger partial charge in [-0.05, 0) is 44.6 Å². The molecule has 0 amide bonds. The molecule has 0 radical (unpaired) electrons. The highest BCUT2D eigenvalue weighted by atomic mass is 127. The molecule has 1 aromatic rings. The van der Waals surface area contributed by atoms with E-state index in [-0.39, 0.29) is 10.8 Å². The van der Waals surface area contributed by atoms with Gasteiger partial charge in [0.05, 0.1) is 4.47 Å². The van der Waals surface area contributed by atoms with E-state index < -0.39 is 6.43 Å². The summed E-state index contributed by atoms with van der Waals surface area (Å²) in [7, 11) is 0. The Kier molecular flexibility index (Phi) is 3.66. The van der Waals surface area contributed by atoms with Crippen molar-refractivity contribution in [3.63, 3.8) is 0 Å². The average molecular weight is 368 g/mol. The van der Waals surface area contributed by atoms with E-state index in [1.807, 2.05) is 0 Å². The molecule has 66 valence electrons. The van der Waals surface area contributed by atoms with Crippen LogP contribution in [0.25, 0.3) is 0 Å². The molecule has 0 fully saturated rings. The van der Waals surface area contributed by atoms with Crippen LogP contribution in [0, 0.1) is 3.57 Å².